The van der Waals surface area contributed by atoms with Crippen LogP contribution in [0.2, 0.25) is 0 Å². The molecule has 0 bridgehead atoms. The average molecular weight is 627 g/mol. The smallest absolute Gasteiger partial charge is 0.0177 e. The van der Waals surface area contributed by atoms with Crippen molar-refractivity contribution in [1.82, 2.24) is 5.43 Å². The van der Waals surface area contributed by atoms with Gasteiger partial charge < -0.3 is 21.5 Å². The van der Waals surface area contributed by atoms with Gasteiger partial charge in [-0.3, -0.25) is 0 Å². The van der Waals surface area contributed by atoms with Crippen molar-refractivity contribution in [3.05, 3.63) is 45.2 Å². The molecule has 2 N–H and O–H groups in total. The van der Waals surface area contributed by atoms with E-state index in [0.717, 1.165) is 4.47 Å². The van der Waals surface area contributed by atoms with Gasteiger partial charge in [0, 0.05) is 68.3 Å². The van der Waals surface area contributed by atoms with E-state index in [1.165, 1.54) is 31.9 Å². The van der Waals surface area contributed by atoms with Crippen LogP contribution in [-0.2, 0) is 38.2 Å². The van der Waals surface area contributed by atoms with Crippen LogP contribution in [0.15, 0.2) is 28.7 Å². The molecular formula is C12H18BrN3OUY-2. The predicted octanol–water partition coefficient (Wildman–Crippen LogP) is 3.71. The van der Waals surface area contributed by atoms with Gasteiger partial charge in [0.2, 0.25) is 0 Å². The SMILES string of the molecule is CN[N-]O.C[N-]C1(c2cccc(Br)c2)CCC1.[U].[Y]. The first kappa shape index (κ1) is 23.0. The zero-order chi connectivity index (χ0) is 12.7. The van der Waals surface area contributed by atoms with Crippen LogP contribution in [0.5, 0.6) is 0 Å². The van der Waals surface area contributed by atoms with E-state index in [9.17, 15) is 0 Å². The summed E-state index contributed by atoms with van der Waals surface area (Å²) < 4.78 is 1.15. The summed E-state index contributed by atoms with van der Waals surface area (Å²) in [5.41, 5.74) is 6.10. The van der Waals surface area contributed by atoms with Gasteiger partial charge in [-0.1, -0.05) is 58.4 Å². The molecule has 4 nitrogen and oxygen atoms in total. The summed E-state index contributed by atoms with van der Waals surface area (Å²) in [4.78, 5) is 0. The Balaban J connectivity index is 0. The summed E-state index contributed by atoms with van der Waals surface area (Å²) in [6.07, 6.45) is 3.73. The second-order valence-electron chi connectivity index (χ2n) is 3.94. The molecule has 0 unspecified atom stereocenters. The van der Waals surface area contributed by atoms with Gasteiger partial charge in [-0.2, -0.15) is 7.05 Å². The first-order chi connectivity index (χ1) is 8.18. The van der Waals surface area contributed by atoms with Crippen LogP contribution in [0.1, 0.15) is 24.8 Å². The van der Waals surface area contributed by atoms with E-state index in [1.54, 1.807) is 0 Å². The van der Waals surface area contributed by atoms with Crippen molar-refractivity contribution in [1.29, 1.82) is 0 Å². The molecule has 7 heteroatoms. The molecule has 103 valence electrons. The molecule has 1 aliphatic rings. The predicted molar refractivity (Wildman–Crippen MR) is 73.2 cm³/mol. The molecule has 1 fully saturated rings. The van der Waals surface area contributed by atoms with E-state index >= 15 is 0 Å². The van der Waals surface area contributed by atoms with Crippen LogP contribution in [0.3, 0.4) is 0 Å². The Bertz CT molecular complexity index is 346. The number of nitrogens with zero attached hydrogens (tertiary/aromatic N) is 2. The van der Waals surface area contributed by atoms with Gasteiger partial charge in [0.15, 0.2) is 0 Å². The van der Waals surface area contributed by atoms with Gasteiger partial charge in [0.1, 0.15) is 0 Å². The number of hydrogen-bond donors (Lipinski definition) is 2. The maximum Gasteiger partial charge on any atom is 0.0177 e. The summed E-state index contributed by atoms with van der Waals surface area (Å²) in [7, 11) is 3.44. The van der Waals surface area contributed by atoms with Gasteiger partial charge in [-0.25, -0.2) is 0 Å². The van der Waals surface area contributed by atoms with Crippen molar-refractivity contribution in [2.24, 2.45) is 0 Å². The van der Waals surface area contributed by atoms with Crippen LogP contribution < -0.4 is 5.43 Å². The van der Waals surface area contributed by atoms with Crippen LogP contribution in [0, 0.1) is 31.1 Å². The minimum Gasteiger partial charge on any atom is -0.656 e. The molecule has 0 aliphatic heterocycles. The van der Waals surface area contributed by atoms with E-state index in [4.69, 9.17) is 5.21 Å². The number of halogens is 1. The van der Waals surface area contributed by atoms with E-state index in [2.05, 4.69) is 56.5 Å². The zero-order valence-corrected chi connectivity index (χ0v) is 19.8. The van der Waals surface area contributed by atoms with Crippen molar-refractivity contribution >= 4 is 15.9 Å². The standard InChI is InChI=1S/C11H13BrN.CH5N2O.U.Y/c1-13-11(6-3-7-11)9-4-2-5-10(12)8-9;1-2-3-4;;/h2,4-5,8H,3,6-7H2,1H3;2,4H,1H3;;/q2*-1;;. The Morgan fingerprint density at radius 3 is 2.26 bits per heavy atom. The molecule has 0 spiro atoms. The Labute approximate surface area is 172 Å². The van der Waals surface area contributed by atoms with Crippen LogP contribution in [-0.4, -0.2) is 19.3 Å². The zero-order valence-electron chi connectivity index (χ0n) is 11.2. The summed E-state index contributed by atoms with van der Waals surface area (Å²) in [5.74, 6) is 0. The Kier molecular flexibility index (Phi) is 14.8. The first-order valence-corrected chi connectivity index (χ1v) is 6.35. The van der Waals surface area contributed by atoms with Crippen molar-refractivity contribution in [3.8, 4) is 0 Å². The largest absolute Gasteiger partial charge is 0.656 e. The second-order valence-corrected chi connectivity index (χ2v) is 4.86. The molecule has 1 aliphatic carbocycles. The Morgan fingerprint density at radius 2 is 1.95 bits per heavy atom. The van der Waals surface area contributed by atoms with Gasteiger partial charge in [0.05, 0.1) is 0 Å². The molecule has 0 atom stereocenters. The number of hydrogen-bond acceptors (Lipinski definition) is 2. The number of nitrogens with one attached hydrogen (secondary N) is 1. The van der Waals surface area contributed by atoms with Gasteiger partial charge in [-0.15, -0.1) is 0 Å². The van der Waals surface area contributed by atoms with Crippen LogP contribution in [0.4, 0.5) is 0 Å². The van der Waals surface area contributed by atoms with Gasteiger partial charge in [0.25, 0.3) is 0 Å². The van der Waals surface area contributed by atoms with Gasteiger partial charge in [-0.05, 0) is 19.2 Å². The van der Waals surface area contributed by atoms with E-state index in [0.29, 0.717) is 0 Å². The molecular weight excluding hydrogens is 609 g/mol. The normalized spacial score (nSPS) is 14.9. The fourth-order valence-electron chi connectivity index (χ4n) is 1.93. The van der Waals surface area contributed by atoms with E-state index in [1.807, 2.05) is 7.05 Å². The minimum atomic E-state index is 0. The molecule has 2 rings (SSSR count). The fourth-order valence-corrected chi connectivity index (χ4v) is 2.33. The Morgan fingerprint density at radius 1 is 1.37 bits per heavy atom. The minimum absolute atomic E-state index is 0. The molecule has 0 amide bonds. The summed E-state index contributed by atoms with van der Waals surface area (Å²) in [6.45, 7) is 0. The molecule has 0 aromatic heterocycles. The molecule has 1 radical (unpaired) electrons. The molecule has 0 heterocycles. The molecule has 1 aromatic rings. The molecule has 1 aromatic carbocycles. The quantitative estimate of drug-likeness (QED) is 0.503. The number of benzene rings is 1. The third kappa shape index (κ3) is 6.99. The van der Waals surface area contributed by atoms with Gasteiger partial charge >= 0.3 is 0 Å². The van der Waals surface area contributed by atoms with Crippen molar-refractivity contribution in [3.63, 3.8) is 0 Å². The third-order valence-electron chi connectivity index (χ3n) is 3.07. The summed E-state index contributed by atoms with van der Waals surface area (Å²) in [6, 6.07) is 8.51. The topological polar surface area (TPSA) is 60.5 Å². The summed E-state index contributed by atoms with van der Waals surface area (Å²) >= 11 is 3.50. The van der Waals surface area contributed by atoms with Crippen molar-refractivity contribution < 1.29 is 69.0 Å². The van der Waals surface area contributed by atoms with Crippen LogP contribution in [0.25, 0.3) is 10.9 Å². The molecule has 19 heavy (non-hydrogen) atoms. The average Bonchev–Trinajstić information content (AvgIpc) is 2.29. The fraction of sp³-hybridized carbons (Fsp3) is 0.500. The van der Waals surface area contributed by atoms with Crippen molar-refractivity contribution in [2.45, 2.75) is 24.8 Å². The van der Waals surface area contributed by atoms with E-state index in [-0.39, 0.29) is 69.4 Å². The maximum atomic E-state index is 7.39. The summed E-state index contributed by atoms with van der Waals surface area (Å²) in [5, 5.41) is 11.9. The second kappa shape index (κ2) is 12.3. The first-order valence-electron chi connectivity index (χ1n) is 5.56. The third-order valence-corrected chi connectivity index (χ3v) is 3.56. The van der Waals surface area contributed by atoms with Crippen molar-refractivity contribution in [2.75, 3.05) is 14.1 Å². The Hall–Kier alpha value is 1.70. The van der Waals surface area contributed by atoms with E-state index < -0.39 is 0 Å². The van der Waals surface area contributed by atoms with Crippen LogP contribution >= 0.6 is 15.9 Å². The maximum absolute atomic E-state index is 7.39. The monoisotopic (exact) mass is 626 g/mol. The molecule has 1 saturated carbocycles. The number of rotatable bonds is 3. The molecule has 0 saturated heterocycles.